The Kier molecular flexibility index (Phi) is 6.35. The Morgan fingerprint density at radius 3 is 2.27 bits per heavy atom. The first-order valence-corrected chi connectivity index (χ1v) is 12.2. The second kappa shape index (κ2) is 9.06. The molecule has 5 heteroatoms. The molecule has 0 aliphatic carbocycles. The van der Waals surface area contributed by atoms with Gasteiger partial charge in [0.25, 0.3) is 5.91 Å². The molecule has 0 unspecified atom stereocenters. The van der Waals surface area contributed by atoms with Gasteiger partial charge in [0.2, 0.25) is 5.91 Å². The lowest BCUT2D eigenvalue weighted by atomic mass is 9.87. The number of hydrogen-bond donors (Lipinski definition) is 1. The third-order valence-electron chi connectivity index (χ3n) is 5.80. The molecular weight excluding hydrogens is 428 g/mol. The van der Waals surface area contributed by atoms with Crippen LogP contribution in [-0.4, -0.2) is 17.6 Å². The molecule has 1 aliphatic rings. The summed E-state index contributed by atoms with van der Waals surface area (Å²) in [6.07, 6.45) is 0. The van der Waals surface area contributed by atoms with Crippen molar-refractivity contribution < 1.29 is 9.59 Å². The van der Waals surface area contributed by atoms with E-state index in [0.29, 0.717) is 11.3 Å². The molecule has 1 atom stereocenters. The fraction of sp³-hybridized carbons (Fsp3) is 0.286. The Morgan fingerprint density at radius 1 is 0.970 bits per heavy atom. The molecule has 0 spiro atoms. The molecule has 33 heavy (non-hydrogen) atoms. The Bertz CT molecular complexity index is 1180. The monoisotopic (exact) mass is 458 g/mol. The minimum absolute atomic E-state index is 0.0431. The van der Waals surface area contributed by atoms with Crippen molar-refractivity contribution in [2.75, 3.05) is 16.0 Å². The number of amides is 2. The van der Waals surface area contributed by atoms with E-state index in [0.717, 1.165) is 28.1 Å². The van der Waals surface area contributed by atoms with Gasteiger partial charge in [-0.25, -0.2) is 0 Å². The average molecular weight is 459 g/mol. The van der Waals surface area contributed by atoms with Crippen molar-refractivity contribution in [3.8, 4) is 0 Å². The van der Waals surface area contributed by atoms with E-state index in [-0.39, 0.29) is 22.6 Å². The van der Waals surface area contributed by atoms with Crippen molar-refractivity contribution in [1.82, 2.24) is 0 Å². The second-order valence-corrected chi connectivity index (χ2v) is 10.7. The Balaban J connectivity index is 1.56. The van der Waals surface area contributed by atoms with Crippen molar-refractivity contribution in [3.63, 3.8) is 0 Å². The van der Waals surface area contributed by atoms with E-state index in [9.17, 15) is 9.59 Å². The number of anilines is 2. The molecule has 1 saturated heterocycles. The summed E-state index contributed by atoms with van der Waals surface area (Å²) in [6, 6.07) is 21.8. The van der Waals surface area contributed by atoms with Crippen molar-refractivity contribution in [3.05, 3.63) is 94.5 Å². The largest absolute Gasteiger partial charge is 0.322 e. The highest BCUT2D eigenvalue weighted by molar-refractivity contribution is 8.00. The minimum Gasteiger partial charge on any atom is -0.322 e. The third-order valence-corrected chi connectivity index (χ3v) is 7.01. The molecular formula is C28H30N2O2S. The molecule has 170 valence electrons. The summed E-state index contributed by atoms with van der Waals surface area (Å²) in [5.41, 5.74) is 6.75. The zero-order valence-corrected chi connectivity index (χ0v) is 20.6. The van der Waals surface area contributed by atoms with Crippen LogP contribution < -0.4 is 10.2 Å². The zero-order valence-electron chi connectivity index (χ0n) is 19.8. The molecule has 2 amide bonds. The van der Waals surface area contributed by atoms with Crippen LogP contribution in [0.25, 0.3) is 0 Å². The lowest BCUT2D eigenvalue weighted by Gasteiger charge is -2.25. The van der Waals surface area contributed by atoms with Gasteiger partial charge in [0, 0.05) is 16.9 Å². The van der Waals surface area contributed by atoms with Crippen LogP contribution in [0.15, 0.2) is 66.7 Å². The molecule has 3 aromatic carbocycles. The Labute approximate surface area is 200 Å². The van der Waals surface area contributed by atoms with E-state index in [4.69, 9.17) is 0 Å². The Morgan fingerprint density at radius 2 is 1.64 bits per heavy atom. The first-order chi connectivity index (χ1) is 15.6. The van der Waals surface area contributed by atoms with Crippen molar-refractivity contribution in [2.45, 2.75) is 45.4 Å². The number of hydrogen-bond acceptors (Lipinski definition) is 3. The predicted octanol–water partition coefficient (Wildman–Crippen LogP) is 6.63. The molecule has 1 aliphatic heterocycles. The third kappa shape index (κ3) is 5.14. The number of rotatable bonds is 4. The van der Waals surface area contributed by atoms with Crippen molar-refractivity contribution in [1.29, 1.82) is 0 Å². The molecule has 0 aromatic heterocycles. The number of benzene rings is 3. The second-order valence-electron chi connectivity index (χ2n) is 9.68. The summed E-state index contributed by atoms with van der Waals surface area (Å²) < 4.78 is 0. The van der Waals surface area contributed by atoms with E-state index >= 15 is 0 Å². The smallest absolute Gasteiger partial charge is 0.255 e. The summed E-state index contributed by atoms with van der Waals surface area (Å²) in [4.78, 5) is 27.5. The number of thioether (sulfide) groups is 1. The van der Waals surface area contributed by atoms with Gasteiger partial charge in [0.15, 0.2) is 0 Å². The van der Waals surface area contributed by atoms with Crippen LogP contribution in [0.4, 0.5) is 11.4 Å². The number of nitrogens with one attached hydrogen (secondary N) is 1. The summed E-state index contributed by atoms with van der Waals surface area (Å²) in [6.45, 7) is 10.6. The molecule has 4 rings (SSSR count). The van der Waals surface area contributed by atoms with E-state index in [2.05, 4.69) is 44.3 Å². The van der Waals surface area contributed by atoms with Gasteiger partial charge in [-0.15, -0.1) is 11.8 Å². The van der Waals surface area contributed by atoms with Crippen LogP contribution in [-0.2, 0) is 10.2 Å². The average Bonchev–Trinajstić information content (AvgIpc) is 3.14. The standard InChI is InChI=1S/C28H30N2O2S/c1-18-13-19(2)15-24(14-18)30-25(31)17-33-27(30)21-7-6-8-23(16-21)29-26(32)20-9-11-22(12-10-20)28(3,4)5/h6-16,27H,17H2,1-5H3,(H,29,32)/t27-/m0/s1. The summed E-state index contributed by atoms with van der Waals surface area (Å²) in [5, 5.41) is 2.89. The van der Waals surface area contributed by atoms with E-state index < -0.39 is 0 Å². The molecule has 0 radical (unpaired) electrons. The lowest BCUT2D eigenvalue weighted by molar-refractivity contribution is -0.115. The van der Waals surface area contributed by atoms with Gasteiger partial charge in [-0.3, -0.25) is 14.5 Å². The maximum atomic E-state index is 12.8. The van der Waals surface area contributed by atoms with E-state index in [1.165, 1.54) is 5.56 Å². The highest BCUT2D eigenvalue weighted by Gasteiger charge is 2.34. The molecule has 1 fully saturated rings. The predicted molar refractivity (Wildman–Crippen MR) is 138 cm³/mol. The maximum absolute atomic E-state index is 12.8. The van der Waals surface area contributed by atoms with Crippen LogP contribution in [0.1, 0.15) is 58.8 Å². The lowest BCUT2D eigenvalue weighted by Crippen LogP contribution is -2.28. The van der Waals surface area contributed by atoms with Crippen molar-refractivity contribution in [2.24, 2.45) is 0 Å². The number of carbonyl (C=O) groups is 2. The van der Waals surface area contributed by atoms with Crippen LogP contribution in [0.2, 0.25) is 0 Å². The van der Waals surface area contributed by atoms with Crippen LogP contribution >= 0.6 is 11.8 Å². The minimum atomic E-state index is -0.145. The van der Waals surface area contributed by atoms with Crippen LogP contribution in [0.3, 0.4) is 0 Å². The quantitative estimate of drug-likeness (QED) is 0.477. The fourth-order valence-corrected chi connectivity index (χ4v) is 5.30. The van der Waals surface area contributed by atoms with Gasteiger partial charge in [-0.05, 0) is 77.9 Å². The molecule has 0 bridgehead atoms. The van der Waals surface area contributed by atoms with Gasteiger partial charge in [-0.2, -0.15) is 0 Å². The molecule has 1 N–H and O–H groups in total. The van der Waals surface area contributed by atoms with Gasteiger partial charge in [0.05, 0.1) is 5.75 Å². The Hall–Kier alpha value is -3.05. The first-order valence-electron chi connectivity index (χ1n) is 11.2. The maximum Gasteiger partial charge on any atom is 0.255 e. The molecule has 3 aromatic rings. The molecule has 4 nitrogen and oxygen atoms in total. The van der Waals surface area contributed by atoms with E-state index in [1.54, 1.807) is 11.8 Å². The number of aryl methyl sites for hydroxylation is 2. The fourth-order valence-electron chi connectivity index (χ4n) is 4.13. The summed E-state index contributed by atoms with van der Waals surface area (Å²) in [5.74, 6) is 0.395. The van der Waals surface area contributed by atoms with E-state index in [1.807, 2.05) is 67.3 Å². The molecule has 0 saturated carbocycles. The van der Waals surface area contributed by atoms with Crippen LogP contribution in [0, 0.1) is 13.8 Å². The zero-order chi connectivity index (χ0) is 23.8. The molecule has 1 heterocycles. The highest BCUT2D eigenvalue weighted by atomic mass is 32.2. The van der Waals surface area contributed by atoms with Gasteiger partial charge < -0.3 is 5.32 Å². The van der Waals surface area contributed by atoms with Gasteiger partial charge in [-0.1, -0.05) is 51.1 Å². The normalized spacial score (nSPS) is 16.2. The van der Waals surface area contributed by atoms with Gasteiger partial charge >= 0.3 is 0 Å². The summed E-state index contributed by atoms with van der Waals surface area (Å²) in [7, 11) is 0. The topological polar surface area (TPSA) is 49.4 Å². The number of carbonyl (C=O) groups excluding carboxylic acids is 2. The summed E-state index contributed by atoms with van der Waals surface area (Å²) >= 11 is 1.61. The van der Waals surface area contributed by atoms with Gasteiger partial charge in [0.1, 0.15) is 5.37 Å². The SMILES string of the molecule is Cc1cc(C)cc(N2C(=O)CS[C@H]2c2cccc(NC(=O)c3ccc(C(C)(C)C)cc3)c2)c1. The van der Waals surface area contributed by atoms with Crippen molar-refractivity contribution >= 4 is 35.0 Å². The highest BCUT2D eigenvalue weighted by Crippen LogP contribution is 2.42. The number of nitrogens with zero attached hydrogens (tertiary/aromatic N) is 1. The first kappa shape index (κ1) is 23.1. The van der Waals surface area contributed by atoms with Crippen LogP contribution in [0.5, 0.6) is 0 Å².